The number of ether oxygens (including phenoxy) is 3. The maximum Gasteiger partial charge on any atom is 0.407 e. The molecule has 0 saturated heterocycles. The Morgan fingerprint density at radius 3 is 2.58 bits per heavy atom. The quantitative estimate of drug-likeness (QED) is 0.288. The molecule has 0 fully saturated rings. The molecule has 1 aliphatic carbocycles. The molecule has 0 saturated carbocycles. The zero-order valence-corrected chi connectivity index (χ0v) is 19.4. The highest BCUT2D eigenvalue weighted by Gasteiger charge is 2.31. The summed E-state index contributed by atoms with van der Waals surface area (Å²) in [6, 6.07) is 3.09. The number of rotatable bonds is 7. The lowest BCUT2D eigenvalue weighted by Gasteiger charge is -2.19. The maximum absolute atomic E-state index is 12.6. The number of fused-ring (bicyclic) bond motifs is 3. The molecule has 1 aromatic carbocycles. The first-order valence-electron chi connectivity index (χ1n) is 10.6. The molecule has 1 aromatic heterocycles. The SMILES string of the molecule is COC(=O)c1c2c(nn1CCCNC(=O)OC(C)(C)C)-c1cc([N+](=O)[O-])c(OC)cc1CC2. The average Bonchev–Trinajstić information content (AvgIpc) is 3.12. The number of aromatic nitrogens is 2. The first-order chi connectivity index (χ1) is 15.6. The number of amides is 1. The van der Waals surface area contributed by atoms with Crippen LogP contribution < -0.4 is 10.1 Å². The normalized spacial score (nSPS) is 12.4. The Balaban J connectivity index is 1.88. The number of benzene rings is 1. The van der Waals surface area contributed by atoms with Crippen molar-refractivity contribution >= 4 is 17.7 Å². The van der Waals surface area contributed by atoms with E-state index in [1.54, 1.807) is 31.5 Å². The highest BCUT2D eigenvalue weighted by molar-refractivity contribution is 5.92. The molecule has 2 aromatic rings. The Kier molecular flexibility index (Phi) is 6.89. The van der Waals surface area contributed by atoms with Crippen LogP contribution in [0.5, 0.6) is 5.75 Å². The number of hydrogen-bond acceptors (Lipinski definition) is 8. The number of nitro benzene ring substituents is 1. The minimum absolute atomic E-state index is 0.167. The number of carbonyl (C=O) groups excluding carboxylic acids is 2. The van der Waals surface area contributed by atoms with Gasteiger partial charge in [-0.3, -0.25) is 14.8 Å². The van der Waals surface area contributed by atoms with Gasteiger partial charge >= 0.3 is 17.7 Å². The van der Waals surface area contributed by atoms with Crippen LogP contribution in [0.3, 0.4) is 0 Å². The predicted octanol–water partition coefficient (Wildman–Crippen LogP) is 3.27. The Labute approximate surface area is 191 Å². The Morgan fingerprint density at radius 2 is 1.97 bits per heavy atom. The molecule has 0 aliphatic heterocycles. The lowest BCUT2D eigenvalue weighted by molar-refractivity contribution is -0.385. The summed E-state index contributed by atoms with van der Waals surface area (Å²) in [4.78, 5) is 35.4. The van der Waals surface area contributed by atoms with Gasteiger partial charge in [0, 0.05) is 30.3 Å². The predicted molar refractivity (Wildman–Crippen MR) is 118 cm³/mol. The number of aryl methyl sites for hydroxylation is 2. The van der Waals surface area contributed by atoms with E-state index in [2.05, 4.69) is 10.4 Å². The van der Waals surface area contributed by atoms with Crippen LogP contribution in [0.1, 0.15) is 48.8 Å². The van der Waals surface area contributed by atoms with E-state index < -0.39 is 22.6 Å². The van der Waals surface area contributed by atoms with E-state index >= 15 is 0 Å². The van der Waals surface area contributed by atoms with Crippen LogP contribution >= 0.6 is 0 Å². The lowest BCUT2D eigenvalue weighted by atomic mass is 9.88. The summed E-state index contributed by atoms with van der Waals surface area (Å²) < 4.78 is 16.9. The van der Waals surface area contributed by atoms with Crippen molar-refractivity contribution in [1.29, 1.82) is 0 Å². The van der Waals surface area contributed by atoms with Gasteiger partial charge in [0.05, 0.1) is 24.8 Å². The largest absolute Gasteiger partial charge is 0.490 e. The van der Waals surface area contributed by atoms with Crippen LogP contribution in [-0.2, 0) is 28.9 Å². The van der Waals surface area contributed by atoms with Crippen LogP contribution in [0.25, 0.3) is 11.3 Å². The molecule has 3 rings (SSSR count). The molecule has 0 atom stereocenters. The Morgan fingerprint density at radius 1 is 1.24 bits per heavy atom. The van der Waals surface area contributed by atoms with Gasteiger partial charge in [0.2, 0.25) is 0 Å². The van der Waals surface area contributed by atoms with Crippen molar-refractivity contribution in [2.75, 3.05) is 20.8 Å². The van der Waals surface area contributed by atoms with Crippen molar-refractivity contribution in [3.63, 3.8) is 0 Å². The summed E-state index contributed by atoms with van der Waals surface area (Å²) in [5, 5.41) is 18.8. The van der Waals surface area contributed by atoms with E-state index in [4.69, 9.17) is 14.2 Å². The fraction of sp³-hybridized carbons (Fsp3) is 0.500. The second-order valence-electron chi connectivity index (χ2n) is 8.61. The monoisotopic (exact) mass is 460 g/mol. The van der Waals surface area contributed by atoms with Gasteiger partial charge in [-0.15, -0.1) is 0 Å². The number of esters is 1. The number of hydrogen-bond donors (Lipinski definition) is 1. The molecular weight excluding hydrogens is 432 g/mol. The van der Waals surface area contributed by atoms with Crippen molar-refractivity contribution < 1.29 is 28.7 Å². The molecule has 11 heteroatoms. The van der Waals surface area contributed by atoms with Gasteiger partial charge in [0.25, 0.3) is 0 Å². The minimum atomic E-state index is -0.595. The smallest absolute Gasteiger partial charge is 0.407 e. The Bertz CT molecular complexity index is 1090. The van der Waals surface area contributed by atoms with E-state index in [1.165, 1.54) is 20.3 Å². The van der Waals surface area contributed by atoms with Crippen LogP contribution in [0.15, 0.2) is 12.1 Å². The van der Waals surface area contributed by atoms with Gasteiger partial charge in [0.15, 0.2) is 5.75 Å². The van der Waals surface area contributed by atoms with Crippen molar-refractivity contribution in [2.24, 2.45) is 0 Å². The first-order valence-corrected chi connectivity index (χ1v) is 10.6. The molecule has 178 valence electrons. The second kappa shape index (κ2) is 9.47. The number of methoxy groups -OCH3 is 2. The number of nitrogens with one attached hydrogen (secondary N) is 1. The molecule has 33 heavy (non-hydrogen) atoms. The molecule has 11 nitrogen and oxygen atoms in total. The molecule has 0 bridgehead atoms. The van der Waals surface area contributed by atoms with Crippen molar-refractivity contribution in [3.8, 4) is 17.0 Å². The standard InChI is InChI=1S/C22H28N4O7/c1-22(2,3)33-21(28)23-9-6-10-25-19(20(27)32-5)14-8-7-13-11-17(31-4)16(26(29)30)12-15(13)18(14)24-25/h11-12H,6-10H2,1-5H3,(H,23,28). The fourth-order valence-corrected chi connectivity index (χ4v) is 3.78. The molecule has 1 amide bonds. The lowest BCUT2D eigenvalue weighted by Crippen LogP contribution is -2.33. The topological polar surface area (TPSA) is 135 Å². The van der Waals surface area contributed by atoms with Gasteiger partial charge in [0.1, 0.15) is 11.3 Å². The van der Waals surface area contributed by atoms with Gasteiger partial charge in [-0.2, -0.15) is 5.10 Å². The summed E-state index contributed by atoms with van der Waals surface area (Å²) in [6.07, 6.45) is 1.07. The van der Waals surface area contributed by atoms with Crippen LogP contribution in [0, 0.1) is 10.1 Å². The maximum atomic E-state index is 12.6. The highest BCUT2D eigenvalue weighted by atomic mass is 16.6. The molecular formula is C22H28N4O7. The van der Waals surface area contributed by atoms with Gasteiger partial charge in [-0.1, -0.05) is 0 Å². The molecule has 0 radical (unpaired) electrons. The first kappa shape index (κ1) is 24.0. The van der Waals surface area contributed by atoms with Crippen LogP contribution in [0.4, 0.5) is 10.5 Å². The van der Waals surface area contributed by atoms with Crippen molar-refractivity contribution in [1.82, 2.24) is 15.1 Å². The van der Waals surface area contributed by atoms with Gasteiger partial charge in [-0.05, 0) is 51.7 Å². The van der Waals surface area contributed by atoms with Crippen molar-refractivity contribution in [2.45, 2.75) is 52.2 Å². The molecule has 0 unspecified atom stereocenters. The third kappa shape index (κ3) is 5.24. The summed E-state index contributed by atoms with van der Waals surface area (Å²) in [5.74, 6) is -0.349. The van der Waals surface area contributed by atoms with Gasteiger partial charge < -0.3 is 19.5 Å². The molecule has 1 heterocycles. The fourth-order valence-electron chi connectivity index (χ4n) is 3.78. The average molecular weight is 460 g/mol. The third-order valence-electron chi connectivity index (χ3n) is 5.15. The second-order valence-corrected chi connectivity index (χ2v) is 8.61. The third-order valence-corrected chi connectivity index (χ3v) is 5.15. The highest BCUT2D eigenvalue weighted by Crippen LogP contribution is 2.41. The zero-order valence-electron chi connectivity index (χ0n) is 19.4. The molecule has 1 N–H and O–H groups in total. The van der Waals surface area contributed by atoms with Crippen LogP contribution in [-0.4, -0.2) is 53.1 Å². The van der Waals surface area contributed by atoms with E-state index in [-0.39, 0.29) is 11.4 Å². The van der Waals surface area contributed by atoms with Gasteiger partial charge in [-0.25, -0.2) is 9.59 Å². The number of nitro groups is 1. The van der Waals surface area contributed by atoms with E-state index in [9.17, 15) is 19.7 Å². The summed E-state index contributed by atoms with van der Waals surface area (Å²) in [5.41, 5.74) is 2.21. The summed E-state index contributed by atoms with van der Waals surface area (Å²) in [7, 11) is 2.68. The minimum Gasteiger partial charge on any atom is -0.490 e. The molecule has 1 aliphatic rings. The van der Waals surface area contributed by atoms with E-state index in [1.807, 2.05) is 0 Å². The number of alkyl carbamates (subject to hydrolysis) is 1. The number of nitrogens with zero attached hydrogens (tertiary/aromatic N) is 3. The van der Waals surface area contributed by atoms with E-state index in [0.29, 0.717) is 54.9 Å². The summed E-state index contributed by atoms with van der Waals surface area (Å²) >= 11 is 0. The summed E-state index contributed by atoms with van der Waals surface area (Å²) in [6.45, 7) is 5.99. The zero-order chi connectivity index (χ0) is 24.3. The molecule has 0 spiro atoms. The van der Waals surface area contributed by atoms with E-state index in [0.717, 1.165) is 5.56 Å². The Hall–Kier alpha value is -3.63. The number of carbonyl (C=O) groups is 2. The van der Waals surface area contributed by atoms with Crippen LogP contribution in [0.2, 0.25) is 0 Å². The van der Waals surface area contributed by atoms with Crippen molar-refractivity contribution in [3.05, 3.63) is 39.1 Å².